The van der Waals surface area contributed by atoms with E-state index in [0.29, 0.717) is 0 Å². The SMILES string of the molecule is OC[C@H]1O[C@H](OC[C@H]2O[C@@H](O)[C@@H](O)[C@@H](O)[C@@H]2O[C@@H]2O[C@H](CO)[C@@H](O[C@@H]3O[C@H](CO)[C@@H](O[C@@H]4O[C@H](CO)[C@@H](O)[C@H](O)[C@@H]4O)[C@H](O)[C@@H]3O)[C@H](O)[C@@H]2O)[C@H](O)[C@@H](O)[C@H]1O. The normalized spacial score (nSPS) is 53.2. The zero-order valence-electron chi connectivity index (χ0n) is 29.2. The largest absolute Gasteiger partial charge is 0.394 e. The van der Waals surface area contributed by atoms with Crippen LogP contribution in [0.1, 0.15) is 0 Å². The number of ether oxygens (including phenoxy) is 9. The van der Waals surface area contributed by atoms with E-state index in [1.54, 1.807) is 0 Å². The van der Waals surface area contributed by atoms with Gasteiger partial charge in [-0.05, 0) is 0 Å². The molecule has 0 aliphatic carbocycles. The highest BCUT2D eigenvalue weighted by atomic mass is 16.8. The molecule has 0 aromatic rings. The molecular formula is C30H52O26. The van der Waals surface area contributed by atoms with Crippen molar-refractivity contribution in [3.63, 3.8) is 0 Å². The summed E-state index contributed by atoms with van der Waals surface area (Å²) < 4.78 is 49.1. The van der Waals surface area contributed by atoms with E-state index in [0.717, 1.165) is 0 Å². The second-order valence-electron chi connectivity index (χ2n) is 14.0. The second kappa shape index (κ2) is 19.6. The lowest BCUT2D eigenvalue weighted by molar-refractivity contribution is -0.389. The Labute approximate surface area is 316 Å². The van der Waals surface area contributed by atoms with Crippen molar-refractivity contribution >= 4 is 0 Å². The molecule has 0 saturated carbocycles. The zero-order chi connectivity index (χ0) is 41.3. The standard InChI is InChI=1S/C30H52O26/c31-1-6-11(35)13(37)19(43)27(50-6)48-5-10-25(15(39)18(42)26(47)49-10)56-30-22(46)17(41)24(9(4-34)53-30)55-29-21(45)16(40)23(8(3-33)52-29)54-28-20(44)14(38)12(36)7(2-32)51-28/h6-47H,1-5H2/t6-,7-,8-,9-,10-,11+,12-,13+,14+,15-,16-,17-,18+,19-,20+,21+,22+,23-,24-,25-,26-,27+,28+,29+,30+/m1/s1. The Balaban J connectivity index is 1.24. The van der Waals surface area contributed by atoms with Crippen LogP contribution in [-0.4, -0.2) is 273 Å². The van der Waals surface area contributed by atoms with E-state index in [2.05, 4.69) is 0 Å². The van der Waals surface area contributed by atoms with E-state index in [-0.39, 0.29) is 0 Å². The van der Waals surface area contributed by atoms with Gasteiger partial charge in [0.2, 0.25) is 0 Å². The van der Waals surface area contributed by atoms with Crippen molar-refractivity contribution in [1.29, 1.82) is 0 Å². The summed E-state index contributed by atoms with van der Waals surface area (Å²) in [6.45, 7) is -4.27. The van der Waals surface area contributed by atoms with Gasteiger partial charge >= 0.3 is 0 Å². The van der Waals surface area contributed by atoms with Gasteiger partial charge in [-0.1, -0.05) is 0 Å². The topological polar surface area (TPSA) is 427 Å². The van der Waals surface area contributed by atoms with E-state index >= 15 is 0 Å². The third-order valence-corrected chi connectivity index (χ3v) is 10.3. The Morgan fingerprint density at radius 2 is 0.625 bits per heavy atom. The van der Waals surface area contributed by atoms with Crippen molar-refractivity contribution < 1.29 is 129 Å². The van der Waals surface area contributed by atoms with Gasteiger partial charge in [-0.15, -0.1) is 0 Å². The molecule has 0 aromatic heterocycles. The van der Waals surface area contributed by atoms with Gasteiger partial charge < -0.3 is 129 Å². The van der Waals surface area contributed by atoms with Crippen molar-refractivity contribution in [3.05, 3.63) is 0 Å². The minimum absolute atomic E-state index is 0.749. The van der Waals surface area contributed by atoms with Crippen LogP contribution in [0.4, 0.5) is 0 Å². The Morgan fingerprint density at radius 3 is 1.04 bits per heavy atom. The third kappa shape index (κ3) is 9.31. The molecule has 328 valence electrons. The summed E-state index contributed by atoms with van der Waals surface area (Å²) in [5, 5.41) is 175. The average Bonchev–Trinajstić information content (AvgIpc) is 3.19. The molecule has 5 aliphatic heterocycles. The summed E-state index contributed by atoms with van der Waals surface area (Å²) in [6, 6.07) is 0. The van der Waals surface area contributed by atoms with E-state index in [4.69, 9.17) is 42.6 Å². The summed E-state index contributed by atoms with van der Waals surface area (Å²) >= 11 is 0. The fraction of sp³-hybridized carbons (Fsp3) is 1.00. The first kappa shape index (κ1) is 46.0. The van der Waals surface area contributed by atoms with E-state index in [9.17, 15) is 86.8 Å². The fourth-order valence-electron chi connectivity index (χ4n) is 6.93. The molecule has 5 fully saturated rings. The van der Waals surface area contributed by atoms with Gasteiger partial charge in [0.25, 0.3) is 0 Å². The molecule has 0 radical (unpaired) electrons. The molecule has 5 aliphatic rings. The minimum Gasteiger partial charge on any atom is -0.394 e. The minimum atomic E-state index is -2.13. The van der Waals surface area contributed by atoms with Crippen LogP contribution < -0.4 is 0 Å². The quantitative estimate of drug-likeness (QED) is 0.0819. The van der Waals surface area contributed by atoms with Crippen molar-refractivity contribution in [2.24, 2.45) is 0 Å². The number of rotatable bonds is 13. The van der Waals surface area contributed by atoms with Crippen LogP contribution in [0.25, 0.3) is 0 Å². The van der Waals surface area contributed by atoms with Crippen LogP contribution in [0.15, 0.2) is 0 Å². The maximum atomic E-state index is 11.1. The summed E-state index contributed by atoms with van der Waals surface area (Å²) in [5.74, 6) is 0. The molecule has 5 saturated heterocycles. The van der Waals surface area contributed by atoms with Crippen molar-refractivity contribution in [2.45, 2.75) is 154 Å². The molecule has 0 spiro atoms. The number of hydrogen-bond donors (Lipinski definition) is 17. The predicted molar refractivity (Wildman–Crippen MR) is 167 cm³/mol. The Morgan fingerprint density at radius 1 is 0.304 bits per heavy atom. The van der Waals surface area contributed by atoms with Gasteiger partial charge in [-0.2, -0.15) is 0 Å². The Kier molecular flexibility index (Phi) is 16.1. The summed E-state index contributed by atoms with van der Waals surface area (Å²) in [5.41, 5.74) is 0. The Hall–Kier alpha value is -1.04. The van der Waals surface area contributed by atoms with Gasteiger partial charge in [-0.3, -0.25) is 0 Å². The highest BCUT2D eigenvalue weighted by molar-refractivity contribution is 4.98. The molecule has 26 heteroatoms. The zero-order valence-corrected chi connectivity index (χ0v) is 29.2. The smallest absolute Gasteiger partial charge is 0.187 e. The molecular weight excluding hydrogens is 776 g/mol. The first-order chi connectivity index (χ1) is 26.5. The first-order valence-electron chi connectivity index (χ1n) is 17.6. The third-order valence-electron chi connectivity index (χ3n) is 10.3. The average molecular weight is 829 g/mol. The second-order valence-corrected chi connectivity index (χ2v) is 14.0. The predicted octanol–water partition coefficient (Wildman–Crippen LogP) is -11.9. The van der Waals surface area contributed by atoms with Gasteiger partial charge in [0, 0.05) is 0 Å². The number of aliphatic hydroxyl groups is 17. The maximum absolute atomic E-state index is 11.1. The molecule has 26 nitrogen and oxygen atoms in total. The van der Waals surface area contributed by atoms with Gasteiger partial charge in [0.15, 0.2) is 31.5 Å². The van der Waals surface area contributed by atoms with Gasteiger partial charge in [-0.25, -0.2) is 0 Å². The van der Waals surface area contributed by atoms with Crippen LogP contribution in [0.2, 0.25) is 0 Å². The maximum Gasteiger partial charge on any atom is 0.187 e. The fourth-order valence-corrected chi connectivity index (χ4v) is 6.93. The number of aliphatic hydroxyl groups excluding tert-OH is 17. The Bertz CT molecular complexity index is 1200. The number of hydrogen-bond acceptors (Lipinski definition) is 26. The monoisotopic (exact) mass is 828 g/mol. The van der Waals surface area contributed by atoms with Crippen LogP contribution >= 0.6 is 0 Å². The molecule has 0 unspecified atom stereocenters. The van der Waals surface area contributed by atoms with E-state index in [1.165, 1.54) is 0 Å². The molecule has 0 bridgehead atoms. The highest BCUT2D eigenvalue weighted by Crippen LogP contribution is 2.34. The van der Waals surface area contributed by atoms with Crippen molar-refractivity contribution in [2.75, 3.05) is 33.0 Å². The molecule has 0 aromatic carbocycles. The summed E-state index contributed by atoms with van der Waals surface area (Å²) in [7, 11) is 0. The highest BCUT2D eigenvalue weighted by Gasteiger charge is 2.55. The van der Waals surface area contributed by atoms with Crippen molar-refractivity contribution in [3.8, 4) is 0 Å². The molecule has 5 rings (SSSR count). The molecule has 56 heavy (non-hydrogen) atoms. The van der Waals surface area contributed by atoms with Gasteiger partial charge in [0.05, 0.1) is 33.0 Å². The molecule has 5 heterocycles. The molecule has 0 amide bonds. The van der Waals surface area contributed by atoms with Crippen LogP contribution in [-0.2, 0) is 42.6 Å². The lowest BCUT2D eigenvalue weighted by Crippen LogP contribution is -2.67. The van der Waals surface area contributed by atoms with Crippen LogP contribution in [0.5, 0.6) is 0 Å². The first-order valence-corrected chi connectivity index (χ1v) is 17.6. The van der Waals surface area contributed by atoms with Crippen LogP contribution in [0.3, 0.4) is 0 Å². The van der Waals surface area contributed by atoms with E-state index in [1.807, 2.05) is 0 Å². The van der Waals surface area contributed by atoms with Crippen LogP contribution in [0, 0.1) is 0 Å². The summed E-state index contributed by atoms with van der Waals surface area (Å²) in [4.78, 5) is 0. The lowest BCUT2D eigenvalue weighted by atomic mass is 9.95. The molecule has 17 N–H and O–H groups in total. The lowest BCUT2D eigenvalue weighted by Gasteiger charge is -2.49. The summed E-state index contributed by atoms with van der Waals surface area (Å²) in [6.07, 6.45) is -45.7. The molecule has 25 atom stereocenters. The van der Waals surface area contributed by atoms with Gasteiger partial charge in [0.1, 0.15) is 122 Å². The van der Waals surface area contributed by atoms with E-state index < -0.39 is 187 Å². The van der Waals surface area contributed by atoms with Crippen molar-refractivity contribution in [1.82, 2.24) is 0 Å².